The van der Waals surface area contributed by atoms with Gasteiger partial charge in [-0.1, -0.05) is 13.0 Å². The average molecular weight is 247 g/mol. The van der Waals surface area contributed by atoms with E-state index >= 15 is 0 Å². The smallest absolute Gasteiger partial charge is 0.271 e. The van der Waals surface area contributed by atoms with E-state index in [4.69, 9.17) is 5.11 Å². The Hall–Kier alpha value is -1.88. The second-order valence-electron chi connectivity index (χ2n) is 4.28. The highest BCUT2D eigenvalue weighted by Gasteiger charge is 2.14. The molecule has 2 aromatic heterocycles. The molecule has 0 aliphatic rings. The van der Waals surface area contributed by atoms with Crippen molar-refractivity contribution in [3.05, 3.63) is 35.8 Å². The highest BCUT2D eigenvalue weighted by molar-refractivity contribution is 5.93. The van der Waals surface area contributed by atoms with E-state index in [-0.39, 0.29) is 18.6 Å². The molecule has 0 fully saturated rings. The molecule has 5 nitrogen and oxygen atoms in total. The Morgan fingerprint density at radius 1 is 1.56 bits per heavy atom. The SMILES string of the molecule is CCC(CO)NC(=O)c1cn2c(C)cccc2n1. The summed E-state index contributed by atoms with van der Waals surface area (Å²) in [6.07, 6.45) is 2.40. The maximum absolute atomic E-state index is 12.0. The molecule has 5 heteroatoms. The van der Waals surface area contributed by atoms with Crippen molar-refractivity contribution in [3.63, 3.8) is 0 Å². The van der Waals surface area contributed by atoms with E-state index in [0.717, 1.165) is 11.3 Å². The highest BCUT2D eigenvalue weighted by Crippen LogP contribution is 2.08. The summed E-state index contributed by atoms with van der Waals surface area (Å²) in [5, 5.41) is 11.8. The molecule has 0 spiro atoms. The van der Waals surface area contributed by atoms with Gasteiger partial charge in [-0.05, 0) is 25.5 Å². The number of nitrogens with one attached hydrogen (secondary N) is 1. The molecule has 18 heavy (non-hydrogen) atoms. The molecule has 2 heterocycles. The van der Waals surface area contributed by atoms with Gasteiger partial charge in [-0.3, -0.25) is 4.79 Å². The van der Waals surface area contributed by atoms with Gasteiger partial charge in [0.05, 0.1) is 12.6 Å². The summed E-state index contributed by atoms with van der Waals surface area (Å²) in [4.78, 5) is 16.2. The minimum Gasteiger partial charge on any atom is -0.394 e. The number of aliphatic hydroxyl groups is 1. The zero-order valence-electron chi connectivity index (χ0n) is 10.6. The molecule has 2 rings (SSSR count). The van der Waals surface area contributed by atoms with Gasteiger partial charge in [-0.15, -0.1) is 0 Å². The number of carbonyl (C=O) groups is 1. The quantitative estimate of drug-likeness (QED) is 0.851. The third kappa shape index (κ3) is 2.36. The van der Waals surface area contributed by atoms with Gasteiger partial charge in [0.25, 0.3) is 5.91 Å². The summed E-state index contributed by atoms with van der Waals surface area (Å²) >= 11 is 0. The van der Waals surface area contributed by atoms with Crippen LogP contribution >= 0.6 is 0 Å². The Kier molecular flexibility index (Phi) is 3.62. The lowest BCUT2D eigenvalue weighted by molar-refractivity contribution is 0.0910. The second kappa shape index (κ2) is 5.18. The first-order valence-electron chi connectivity index (χ1n) is 6.02. The normalized spacial score (nSPS) is 12.6. The predicted molar refractivity (Wildman–Crippen MR) is 68.6 cm³/mol. The Balaban J connectivity index is 2.26. The van der Waals surface area contributed by atoms with Crippen LogP contribution < -0.4 is 5.32 Å². The van der Waals surface area contributed by atoms with Crippen LogP contribution in [-0.2, 0) is 0 Å². The number of aromatic nitrogens is 2. The van der Waals surface area contributed by atoms with Crippen LogP contribution in [0.4, 0.5) is 0 Å². The van der Waals surface area contributed by atoms with Crippen LogP contribution in [0.15, 0.2) is 24.4 Å². The standard InChI is InChI=1S/C13H17N3O2/c1-3-10(8-17)14-13(18)11-7-16-9(2)5-4-6-12(16)15-11/h4-7,10,17H,3,8H2,1-2H3,(H,14,18). The number of fused-ring (bicyclic) bond motifs is 1. The predicted octanol–water partition coefficient (Wildman–Crippen LogP) is 1.14. The maximum atomic E-state index is 12.0. The summed E-state index contributed by atoms with van der Waals surface area (Å²) in [5.74, 6) is -0.251. The number of carbonyl (C=O) groups excluding carboxylic acids is 1. The third-order valence-electron chi connectivity index (χ3n) is 2.98. The Morgan fingerprint density at radius 2 is 2.33 bits per heavy atom. The summed E-state index contributed by atoms with van der Waals surface area (Å²) in [7, 11) is 0. The van der Waals surface area contributed by atoms with Crippen molar-refractivity contribution in [2.75, 3.05) is 6.61 Å². The molecular weight excluding hydrogens is 230 g/mol. The van der Waals surface area contributed by atoms with Gasteiger partial charge < -0.3 is 14.8 Å². The van der Waals surface area contributed by atoms with E-state index in [1.54, 1.807) is 6.20 Å². The van der Waals surface area contributed by atoms with Crippen molar-refractivity contribution in [1.82, 2.24) is 14.7 Å². The lowest BCUT2D eigenvalue weighted by Crippen LogP contribution is -2.37. The Labute approximate surface area is 105 Å². The minimum absolute atomic E-state index is 0.0609. The van der Waals surface area contributed by atoms with E-state index in [1.807, 2.05) is 36.4 Å². The topological polar surface area (TPSA) is 66.6 Å². The molecule has 0 aliphatic heterocycles. The van der Waals surface area contributed by atoms with Gasteiger partial charge in [0.2, 0.25) is 0 Å². The van der Waals surface area contributed by atoms with Crippen LogP contribution in [0.1, 0.15) is 29.5 Å². The van der Waals surface area contributed by atoms with Crippen molar-refractivity contribution in [3.8, 4) is 0 Å². The van der Waals surface area contributed by atoms with Gasteiger partial charge in [0, 0.05) is 11.9 Å². The lowest BCUT2D eigenvalue weighted by atomic mass is 10.2. The van der Waals surface area contributed by atoms with E-state index in [9.17, 15) is 4.79 Å². The van der Waals surface area contributed by atoms with Crippen molar-refractivity contribution in [1.29, 1.82) is 0 Å². The average Bonchev–Trinajstić information content (AvgIpc) is 2.81. The van der Waals surface area contributed by atoms with Crippen LogP contribution in [0.25, 0.3) is 5.65 Å². The molecule has 0 bridgehead atoms. The number of hydrogen-bond donors (Lipinski definition) is 2. The van der Waals surface area contributed by atoms with Crippen molar-refractivity contribution in [2.24, 2.45) is 0 Å². The molecule has 2 aromatic rings. The molecule has 2 N–H and O–H groups in total. The summed E-state index contributed by atoms with van der Waals surface area (Å²) < 4.78 is 1.87. The monoisotopic (exact) mass is 247 g/mol. The van der Waals surface area contributed by atoms with Crippen LogP contribution in [0.2, 0.25) is 0 Å². The summed E-state index contributed by atoms with van der Waals surface area (Å²) in [6.45, 7) is 3.81. The summed E-state index contributed by atoms with van der Waals surface area (Å²) in [6, 6.07) is 5.50. The molecule has 0 aliphatic carbocycles. The molecule has 0 saturated heterocycles. The van der Waals surface area contributed by atoms with E-state index < -0.39 is 0 Å². The molecule has 1 atom stereocenters. The van der Waals surface area contributed by atoms with Gasteiger partial charge in [-0.2, -0.15) is 0 Å². The zero-order valence-corrected chi connectivity index (χ0v) is 10.6. The molecule has 0 aromatic carbocycles. The first kappa shape index (κ1) is 12.6. The van der Waals surface area contributed by atoms with Gasteiger partial charge in [0.15, 0.2) is 0 Å². The maximum Gasteiger partial charge on any atom is 0.271 e. The van der Waals surface area contributed by atoms with Crippen molar-refractivity contribution in [2.45, 2.75) is 26.3 Å². The fourth-order valence-electron chi connectivity index (χ4n) is 1.79. The summed E-state index contributed by atoms with van der Waals surface area (Å²) in [5.41, 5.74) is 2.14. The van der Waals surface area contributed by atoms with E-state index in [0.29, 0.717) is 12.1 Å². The number of imidazole rings is 1. The molecule has 1 amide bonds. The zero-order chi connectivity index (χ0) is 13.1. The van der Waals surface area contributed by atoms with Crippen LogP contribution in [-0.4, -0.2) is 33.0 Å². The third-order valence-corrected chi connectivity index (χ3v) is 2.98. The first-order chi connectivity index (χ1) is 8.65. The minimum atomic E-state index is -0.251. The molecule has 0 radical (unpaired) electrons. The molecular formula is C13H17N3O2. The highest BCUT2D eigenvalue weighted by atomic mass is 16.3. The van der Waals surface area contributed by atoms with Gasteiger partial charge in [-0.25, -0.2) is 4.98 Å². The van der Waals surface area contributed by atoms with Crippen molar-refractivity contribution < 1.29 is 9.90 Å². The van der Waals surface area contributed by atoms with Crippen LogP contribution in [0.3, 0.4) is 0 Å². The van der Waals surface area contributed by atoms with E-state index in [2.05, 4.69) is 10.3 Å². The van der Waals surface area contributed by atoms with Crippen LogP contribution in [0.5, 0.6) is 0 Å². The lowest BCUT2D eigenvalue weighted by Gasteiger charge is -2.12. The number of nitrogens with zero attached hydrogens (tertiary/aromatic N) is 2. The van der Waals surface area contributed by atoms with Gasteiger partial charge in [0.1, 0.15) is 11.3 Å². The molecule has 96 valence electrons. The molecule has 0 saturated carbocycles. The largest absolute Gasteiger partial charge is 0.394 e. The van der Waals surface area contributed by atoms with Gasteiger partial charge >= 0.3 is 0 Å². The number of hydrogen-bond acceptors (Lipinski definition) is 3. The second-order valence-corrected chi connectivity index (χ2v) is 4.28. The molecule has 1 unspecified atom stereocenters. The first-order valence-corrected chi connectivity index (χ1v) is 6.02. The number of pyridine rings is 1. The fourth-order valence-corrected chi connectivity index (χ4v) is 1.79. The number of amides is 1. The number of aliphatic hydroxyl groups excluding tert-OH is 1. The number of rotatable bonds is 4. The van der Waals surface area contributed by atoms with Crippen LogP contribution in [0, 0.1) is 6.92 Å². The Bertz CT molecular complexity index is 558. The Morgan fingerprint density at radius 3 is 2.94 bits per heavy atom. The number of aryl methyl sites for hydroxylation is 1. The van der Waals surface area contributed by atoms with E-state index in [1.165, 1.54) is 0 Å². The van der Waals surface area contributed by atoms with Crippen molar-refractivity contribution >= 4 is 11.6 Å². The fraction of sp³-hybridized carbons (Fsp3) is 0.385.